The maximum Gasteiger partial charge on any atom is 0.243 e. The molecule has 2 rings (SSSR count). The molecule has 1 unspecified atom stereocenters. The van der Waals surface area contributed by atoms with Gasteiger partial charge in [0.05, 0.1) is 4.90 Å². The van der Waals surface area contributed by atoms with Crippen molar-refractivity contribution in [1.82, 2.24) is 4.31 Å². The number of sulfonamides is 1. The summed E-state index contributed by atoms with van der Waals surface area (Å²) < 4.78 is 26.5. The molecule has 100 valence electrons. The van der Waals surface area contributed by atoms with E-state index in [2.05, 4.69) is 0 Å². The Hall–Kier alpha value is -0.620. The largest absolute Gasteiger partial charge is 0.330 e. The van der Waals surface area contributed by atoms with Gasteiger partial charge in [-0.2, -0.15) is 4.31 Å². The zero-order chi connectivity index (χ0) is 13.3. The molecular weight excluding hydrogens is 272 g/mol. The van der Waals surface area contributed by atoms with Gasteiger partial charge in [-0.25, -0.2) is 8.42 Å². The predicted octanol–water partition coefficient (Wildman–Crippen LogP) is 1.62. The molecule has 0 amide bonds. The molecule has 1 atom stereocenters. The average molecular weight is 289 g/mol. The molecule has 0 aliphatic carbocycles. The van der Waals surface area contributed by atoms with Crippen LogP contribution < -0.4 is 5.73 Å². The summed E-state index contributed by atoms with van der Waals surface area (Å²) in [5, 5.41) is 0.439. The summed E-state index contributed by atoms with van der Waals surface area (Å²) in [6.45, 7) is 3.35. The lowest BCUT2D eigenvalue weighted by molar-refractivity contribution is 0.458. The molecule has 6 heteroatoms. The van der Waals surface area contributed by atoms with Gasteiger partial charge in [0.15, 0.2) is 0 Å². The fourth-order valence-corrected chi connectivity index (χ4v) is 4.22. The lowest BCUT2D eigenvalue weighted by atomic mass is 10.1. The van der Waals surface area contributed by atoms with E-state index in [1.807, 2.05) is 0 Å². The van der Waals surface area contributed by atoms with Gasteiger partial charge in [-0.1, -0.05) is 17.7 Å². The maximum absolute atomic E-state index is 12.5. The molecule has 1 aromatic rings. The Bertz CT molecular complexity index is 545. The van der Waals surface area contributed by atoms with Crippen LogP contribution in [0.5, 0.6) is 0 Å². The number of benzene rings is 1. The standard InChI is InChI=1S/C12H17ClN2O2S/c1-9-2-3-11(13)6-12(9)18(16,17)15-5-4-10(7-14)8-15/h2-3,6,10H,4-5,7-8,14H2,1H3. The van der Waals surface area contributed by atoms with Gasteiger partial charge in [-0.3, -0.25) is 0 Å². The van der Waals surface area contributed by atoms with Crippen molar-refractivity contribution in [3.8, 4) is 0 Å². The lowest BCUT2D eigenvalue weighted by Gasteiger charge is -2.18. The number of halogens is 1. The van der Waals surface area contributed by atoms with Gasteiger partial charge in [0, 0.05) is 18.1 Å². The Morgan fingerprint density at radius 1 is 1.50 bits per heavy atom. The van der Waals surface area contributed by atoms with Gasteiger partial charge in [-0.05, 0) is 43.5 Å². The van der Waals surface area contributed by atoms with E-state index < -0.39 is 10.0 Å². The quantitative estimate of drug-likeness (QED) is 0.919. The minimum Gasteiger partial charge on any atom is -0.330 e. The van der Waals surface area contributed by atoms with Crippen molar-refractivity contribution in [3.05, 3.63) is 28.8 Å². The number of nitrogens with zero attached hydrogens (tertiary/aromatic N) is 1. The molecule has 1 aromatic carbocycles. The molecule has 1 heterocycles. The van der Waals surface area contributed by atoms with E-state index in [-0.39, 0.29) is 5.92 Å². The summed E-state index contributed by atoms with van der Waals surface area (Å²) in [6, 6.07) is 4.94. The third kappa shape index (κ3) is 2.54. The molecule has 1 fully saturated rings. The highest BCUT2D eigenvalue weighted by Crippen LogP contribution is 2.27. The number of aryl methyl sites for hydroxylation is 1. The topological polar surface area (TPSA) is 63.4 Å². The molecule has 2 N–H and O–H groups in total. The average Bonchev–Trinajstić information content (AvgIpc) is 2.81. The Labute approximate surface area is 113 Å². The van der Waals surface area contributed by atoms with Crippen LogP contribution in [-0.2, 0) is 10.0 Å². The number of hydrogen-bond acceptors (Lipinski definition) is 3. The van der Waals surface area contributed by atoms with Crippen molar-refractivity contribution < 1.29 is 8.42 Å². The minimum absolute atomic E-state index is 0.263. The Morgan fingerprint density at radius 3 is 2.83 bits per heavy atom. The summed E-state index contributed by atoms with van der Waals surface area (Å²) in [5.41, 5.74) is 6.31. The highest BCUT2D eigenvalue weighted by Gasteiger charge is 2.32. The third-order valence-electron chi connectivity index (χ3n) is 3.35. The summed E-state index contributed by atoms with van der Waals surface area (Å²) >= 11 is 5.88. The molecule has 0 saturated carbocycles. The second kappa shape index (κ2) is 5.17. The van der Waals surface area contributed by atoms with Crippen LogP contribution in [0.3, 0.4) is 0 Å². The van der Waals surface area contributed by atoms with Gasteiger partial charge in [0.1, 0.15) is 0 Å². The van der Waals surface area contributed by atoms with E-state index in [0.29, 0.717) is 29.6 Å². The van der Waals surface area contributed by atoms with Crippen molar-refractivity contribution in [3.63, 3.8) is 0 Å². The van der Waals surface area contributed by atoms with Crippen molar-refractivity contribution in [2.45, 2.75) is 18.2 Å². The zero-order valence-corrected chi connectivity index (χ0v) is 11.8. The van der Waals surface area contributed by atoms with Gasteiger partial charge >= 0.3 is 0 Å². The van der Waals surface area contributed by atoms with Crippen LogP contribution in [0, 0.1) is 12.8 Å². The molecular formula is C12H17ClN2O2S. The van der Waals surface area contributed by atoms with Crippen LogP contribution >= 0.6 is 11.6 Å². The second-order valence-corrected chi connectivity index (χ2v) is 7.01. The smallest absolute Gasteiger partial charge is 0.243 e. The van der Waals surface area contributed by atoms with Gasteiger partial charge in [0.2, 0.25) is 10.0 Å². The van der Waals surface area contributed by atoms with Gasteiger partial charge in [-0.15, -0.1) is 0 Å². The fourth-order valence-electron chi connectivity index (χ4n) is 2.20. The zero-order valence-electron chi connectivity index (χ0n) is 10.3. The lowest BCUT2D eigenvalue weighted by Crippen LogP contribution is -2.30. The van der Waals surface area contributed by atoms with E-state index in [0.717, 1.165) is 12.0 Å². The molecule has 0 bridgehead atoms. The Balaban J connectivity index is 2.34. The monoisotopic (exact) mass is 288 g/mol. The molecule has 4 nitrogen and oxygen atoms in total. The van der Waals surface area contributed by atoms with Crippen LogP contribution in [0.15, 0.2) is 23.1 Å². The number of rotatable bonds is 3. The maximum atomic E-state index is 12.5. The first-order chi connectivity index (χ1) is 8.45. The van der Waals surface area contributed by atoms with E-state index in [1.54, 1.807) is 19.1 Å². The molecule has 0 radical (unpaired) electrons. The first-order valence-corrected chi connectivity index (χ1v) is 7.73. The summed E-state index contributed by atoms with van der Waals surface area (Å²) in [7, 11) is -3.44. The minimum atomic E-state index is -3.44. The normalized spacial score (nSPS) is 21.4. The first-order valence-electron chi connectivity index (χ1n) is 5.91. The SMILES string of the molecule is Cc1ccc(Cl)cc1S(=O)(=O)N1CCC(CN)C1. The Kier molecular flexibility index (Phi) is 3.96. The molecule has 0 spiro atoms. The van der Waals surface area contributed by atoms with Crippen molar-refractivity contribution in [2.75, 3.05) is 19.6 Å². The molecule has 1 aliphatic rings. The summed E-state index contributed by atoms with van der Waals surface area (Å²) in [4.78, 5) is 0.299. The van der Waals surface area contributed by atoms with Crippen molar-refractivity contribution in [2.24, 2.45) is 11.7 Å². The highest BCUT2D eigenvalue weighted by molar-refractivity contribution is 7.89. The van der Waals surface area contributed by atoms with Gasteiger partial charge < -0.3 is 5.73 Å². The van der Waals surface area contributed by atoms with E-state index in [1.165, 1.54) is 10.4 Å². The van der Waals surface area contributed by atoms with E-state index in [4.69, 9.17) is 17.3 Å². The summed E-state index contributed by atoms with van der Waals surface area (Å²) in [6.07, 6.45) is 0.829. The second-order valence-electron chi connectivity index (χ2n) is 4.66. The van der Waals surface area contributed by atoms with Crippen molar-refractivity contribution in [1.29, 1.82) is 0 Å². The van der Waals surface area contributed by atoms with Crippen LogP contribution in [0.1, 0.15) is 12.0 Å². The first kappa shape index (κ1) is 13.8. The van der Waals surface area contributed by atoms with Gasteiger partial charge in [0.25, 0.3) is 0 Å². The van der Waals surface area contributed by atoms with E-state index >= 15 is 0 Å². The van der Waals surface area contributed by atoms with E-state index in [9.17, 15) is 8.42 Å². The number of hydrogen-bond donors (Lipinski definition) is 1. The summed E-state index contributed by atoms with van der Waals surface area (Å²) in [5.74, 6) is 0.263. The van der Waals surface area contributed by atoms with Crippen LogP contribution in [0.25, 0.3) is 0 Å². The Morgan fingerprint density at radius 2 is 2.22 bits per heavy atom. The van der Waals surface area contributed by atoms with Crippen molar-refractivity contribution >= 4 is 21.6 Å². The number of nitrogens with two attached hydrogens (primary N) is 1. The van der Waals surface area contributed by atoms with Crippen LogP contribution in [0.4, 0.5) is 0 Å². The molecule has 18 heavy (non-hydrogen) atoms. The third-order valence-corrected chi connectivity index (χ3v) is 5.59. The predicted molar refractivity (Wildman–Crippen MR) is 72.1 cm³/mol. The molecule has 0 aromatic heterocycles. The van der Waals surface area contributed by atoms with Crippen LogP contribution in [-0.4, -0.2) is 32.4 Å². The molecule has 1 saturated heterocycles. The fraction of sp³-hybridized carbons (Fsp3) is 0.500. The molecule has 1 aliphatic heterocycles. The highest BCUT2D eigenvalue weighted by atomic mass is 35.5. The van der Waals surface area contributed by atoms with Crippen LogP contribution in [0.2, 0.25) is 5.02 Å².